The Morgan fingerprint density at radius 1 is 0.722 bits per heavy atom. The summed E-state index contributed by atoms with van der Waals surface area (Å²) in [5.74, 6) is 0.0657. The van der Waals surface area contributed by atoms with Gasteiger partial charge in [0.05, 0.1) is 18.8 Å². The molecule has 2 aliphatic heterocycles. The Kier molecular flexibility index (Phi) is 7.64. The lowest BCUT2D eigenvalue weighted by Crippen LogP contribution is -2.54. The van der Waals surface area contributed by atoms with Gasteiger partial charge in [0.1, 0.15) is 5.69 Å². The van der Waals surface area contributed by atoms with Crippen LogP contribution in [0.15, 0.2) is 79.3 Å². The fraction of sp³-hybridized carbons (Fsp3) is 0.357. The van der Waals surface area contributed by atoms with E-state index in [-0.39, 0.29) is 17.9 Å². The van der Waals surface area contributed by atoms with E-state index in [9.17, 15) is 9.59 Å². The van der Waals surface area contributed by atoms with Crippen LogP contribution in [0.1, 0.15) is 27.7 Å². The number of amides is 2. The molecule has 2 fully saturated rings. The first-order chi connectivity index (χ1) is 17.7. The highest BCUT2D eigenvalue weighted by Crippen LogP contribution is 2.29. The molecule has 2 amide bonds. The Balaban J connectivity index is 1.13. The zero-order chi connectivity index (χ0) is 24.7. The first-order valence-corrected chi connectivity index (χ1v) is 12.6. The normalized spacial score (nSPS) is 17.4. The molecule has 0 atom stereocenters. The third kappa shape index (κ3) is 5.61. The summed E-state index contributed by atoms with van der Waals surface area (Å²) in [6, 6.07) is 21.4. The largest absolute Gasteiger partial charge is 0.339 e. The Hall–Kier alpha value is -3.62. The Labute approximate surface area is 212 Å². The molecule has 0 bridgehead atoms. The first kappa shape index (κ1) is 24.1. The molecule has 186 valence electrons. The number of hydrogen-bond donors (Lipinski definition) is 0. The van der Waals surface area contributed by atoms with E-state index in [0.717, 1.165) is 26.2 Å². The summed E-state index contributed by atoms with van der Waals surface area (Å²) in [4.78, 5) is 42.2. The second-order valence-corrected chi connectivity index (χ2v) is 9.30. The van der Waals surface area contributed by atoms with E-state index in [1.807, 2.05) is 17.0 Å². The summed E-state index contributed by atoms with van der Waals surface area (Å²) >= 11 is 0. The molecule has 0 spiro atoms. The lowest BCUT2D eigenvalue weighted by Gasteiger charge is -2.41. The summed E-state index contributed by atoms with van der Waals surface area (Å²) in [6.45, 7) is 6.05. The zero-order valence-electron chi connectivity index (χ0n) is 20.4. The molecular formula is C28H32N6O2. The minimum Gasteiger partial charge on any atom is -0.339 e. The van der Waals surface area contributed by atoms with Crippen molar-refractivity contribution in [1.29, 1.82) is 0 Å². The third-order valence-corrected chi connectivity index (χ3v) is 7.06. The van der Waals surface area contributed by atoms with E-state index in [2.05, 4.69) is 68.3 Å². The number of carbonyl (C=O) groups excluding carboxylic acids is 2. The maximum atomic E-state index is 13.1. The van der Waals surface area contributed by atoms with Crippen LogP contribution >= 0.6 is 0 Å². The fourth-order valence-corrected chi connectivity index (χ4v) is 5.09. The van der Waals surface area contributed by atoms with E-state index >= 15 is 0 Å². The van der Waals surface area contributed by atoms with E-state index < -0.39 is 0 Å². The van der Waals surface area contributed by atoms with E-state index in [4.69, 9.17) is 0 Å². The number of aromatic nitrogens is 2. The van der Waals surface area contributed by atoms with Crippen LogP contribution in [-0.4, -0.2) is 100 Å². The van der Waals surface area contributed by atoms with Gasteiger partial charge >= 0.3 is 0 Å². The molecular weight excluding hydrogens is 452 g/mol. The summed E-state index contributed by atoms with van der Waals surface area (Å²) in [5.41, 5.74) is 2.92. The van der Waals surface area contributed by atoms with E-state index in [1.165, 1.54) is 23.5 Å². The van der Waals surface area contributed by atoms with Crippen LogP contribution in [0.2, 0.25) is 0 Å². The number of carbonyl (C=O) groups is 2. The zero-order valence-corrected chi connectivity index (χ0v) is 20.4. The Morgan fingerprint density at radius 2 is 1.31 bits per heavy atom. The second-order valence-electron chi connectivity index (χ2n) is 9.30. The Morgan fingerprint density at radius 3 is 1.86 bits per heavy atom. The second kappa shape index (κ2) is 11.4. The number of hydrogen-bond acceptors (Lipinski definition) is 6. The van der Waals surface area contributed by atoms with Gasteiger partial charge in [-0.05, 0) is 11.1 Å². The molecule has 2 saturated heterocycles. The van der Waals surface area contributed by atoms with Crippen molar-refractivity contribution in [2.75, 3.05) is 58.9 Å². The average molecular weight is 485 g/mol. The minimum atomic E-state index is -0.100. The topological polar surface area (TPSA) is 72.9 Å². The highest BCUT2D eigenvalue weighted by atomic mass is 16.2. The van der Waals surface area contributed by atoms with Gasteiger partial charge in [-0.15, -0.1) is 0 Å². The van der Waals surface area contributed by atoms with Gasteiger partial charge in [-0.3, -0.25) is 24.4 Å². The Bertz CT molecular complexity index is 1090. The molecule has 3 aromatic rings. The lowest BCUT2D eigenvalue weighted by molar-refractivity contribution is -0.134. The van der Waals surface area contributed by atoms with Crippen LogP contribution in [0.4, 0.5) is 0 Å². The van der Waals surface area contributed by atoms with Gasteiger partial charge in [-0.1, -0.05) is 60.7 Å². The molecule has 8 heteroatoms. The van der Waals surface area contributed by atoms with Crippen molar-refractivity contribution in [1.82, 2.24) is 29.6 Å². The first-order valence-electron chi connectivity index (χ1n) is 12.6. The van der Waals surface area contributed by atoms with E-state index in [0.29, 0.717) is 38.4 Å². The van der Waals surface area contributed by atoms with Crippen LogP contribution in [-0.2, 0) is 4.79 Å². The molecule has 0 saturated carbocycles. The number of piperazine rings is 2. The van der Waals surface area contributed by atoms with Crippen molar-refractivity contribution < 1.29 is 9.59 Å². The summed E-state index contributed by atoms with van der Waals surface area (Å²) in [7, 11) is 0. The summed E-state index contributed by atoms with van der Waals surface area (Å²) in [5, 5.41) is 0. The molecule has 36 heavy (non-hydrogen) atoms. The molecule has 5 rings (SSSR count). The fourth-order valence-electron chi connectivity index (χ4n) is 5.09. The SMILES string of the molecule is O=C(CN1CCN(C(=O)c2cnccn2)CC1)N1CCN(C(c2ccccc2)c2ccccc2)CC1. The van der Waals surface area contributed by atoms with Gasteiger partial charge in [-0.25, -0.2) is 4.98 Å². The highest BCUT2D eigenvalue weighted by molar-refractivity contribution is 5.92. The molecule has 2 aromatic carbocycles. The number of nitrogens with zero attached hydrogens (tertiary/aromatic N) is 6. The van der Waals surface area contributed by atoms with Gasteiger partial charge in [-0.2, -0.15) is 0 Å². The smallest absolute Gasteiger partial charge is 0.274 e. The van der Waals surface area contributed by atoms with Crippen LogP contribution < -0.4 is 0 Å². The third-order valence-electron chi connectivity index (χ3n) is 7.06. The average Bonchev–Trinajstić information content (AvgIpc) is 2.95. The lowest BCUT2D eigenvalue weighted by atomic mass is 9.96. The molecule has 0 unspecified atom stereocenters. The van der Waals surface area contributed by atoms with Gasteiger partial charge in [0.2, 0.25) is 5.91 Å². The maximum absolute atomic E-state index is 13.1. The monoisotopic (exact) mass is 484 g/mol. The summed E-state index contributed by atoms with van der Waals surface area (Å²) in [6.07, 6.45) is 4.59. The predicted octanol–water partition coefficient (Wildman–Crippen LogP) is 2.17. The van der Waals surface area contributed by atoms with Crippen LogP contribution in [0.5, 0.6) is 0 Å². The van der Waals surface area contributed by atoms with Gasteiger partial charge < -0.3 is 9.80 Å². The van der Waals surface area contributed by atoms with Crippen molar-refractivity contribution in [3.05, 3.63) is 96.1 Å². The highest BCUT2D eigenvalue weighted by Gasteiger charge is 2.30. The molecule has 3 heterocycles. The van der Waals surface area contributed by atoms with Gasteiger partial charge in [0.15, 0.2) is 0 Å². The molecule has 0 radical (unpaired) electrons. The maximum Gasteiger partial charge on any atom is 0.274 e. The van der Waals surface area contributed by atoms with Crippen molar-refractivity contribution in [2.24, 2.45) is 0 Å². The van der Waals surface area contributed by atoms with E-state index in [1.54, 1.807) is 11.1 Å². The quantitative estimate of drug-likeness (QED) is 0.534. The van der Waals surface area contributed by atoms with Crippen molar-refractivity contribution in [3.63, 3.8) is 0 Å². The van der Waals surface area contributed by atoms with Gasteiger partial charge in [0, 0.05) is 64.8 Å². The number of benzene rings is 2. The predicted molar refractivity (Wildman–Crippen MR) is 137 cm³/mol. The minimum absolute atomic E-state index is 0.100. The van der Waals surface area contributed by atoms with Crippen molar-refractivity contribution in [3.8, 4) is 0 Å². The molecule has 2 aliphatic rings. The molecule has 8 nitrogen and oxygen atoms in total. The van der Waals surface area contributed by atoms with Crippen LogP contribution in [0.25, 0.3) is 0 Å². The number of rotatable bonds is 6. The standard InChI is InChI=1S/C28H32N6O2/c35-26(22-31-13-15-34(16-14-31)28(36)25-21-29-11-12-30-25)32-17-19-33(20-18-32)27(23-7-3-1-4-8-23)24-9-5-2-6-10-24/h1-12,21,27H,13-20,22H2. The van der Waals surface area contributed by atoms with Crippen molar-refractivity contribution >= 4 is 11.8 Å². The van der Waals surface area contributed by atoms with Gasteiger partial charge in [0.25, 0.3) is 5.91 Å². The summed E-state index contributed by atoms with van der Waals surface area (Å²) < 4.78 is 0. The molecule has 0 N–H and O–H groups in total. The molecule has 0 aliphatic carbocycles. The van der Waals surface area contributed by atoms with Crippen LogP contribution in [0, 0.1) is 0 Å². The van der Waals surface area contributed by atoms with Crippen LogP contribution in [0.3, 0.4) is 0 Å². The molecule has 1 aromatic heterocycles. The van der Waals surface area contributed by atoms with Crippen molar-refractivity contribution in [2.45, 2.75) is 6.04 Å².